The molecule has 3 rings (SSSR count). The Kier molecular flexibility index (Phi) is 4.45. The summed E-state index contributed by atoms with van der Waals surface area (Å²) in [6.07, 6.45) is 4.05. The number of aryl methyl sites for hydroxylation is 1. The number of rotatable bonds is 5. The minimum atomic E-state index is -0.277. The number of esters is 1. The third-order valence-electron chi connectivity index (χ3n) is 4.38. The van der Waals surface area contributed by atoms with Crippen molar-refractivity contribution in [3.63, 3.8) is 0 Å². The van der Waals surface area contributed by atoms with Gasteiger partial charge >= 0.3 is 5.97 Å². The number of likely N-dealkylation sites (tertiary alicyclic amines) is 1. The van der Waals surface area contributed by atoms with E-state index >= 15 is 0 Å². The summed E-state index contributed by atoms with van der Waals surface area (Å²) >= 11 is 0. The summed E-state index contributed by atoms with van der Waals surface area (Å²) in [6.45, 7) is 4.04. The Morgan fingerprint density at radius 2 is 2.18 bits per heavy atom. The molecular weight excluding hydrogens is 278 g/mol. The number of carbonyl (C=O) groups is 1. The van der Waals surface area contributed by atoms with Gasteiger partial charge in [-0.15, -0.1) is 0 Å². The van der Waals surface area contributed by atoms with Gasteiger partial charge in [0.2, 0.25) is 0 Å². The Morgan fingerprint density at radius 3 is 2.91 bits per heavy atom. The number of para-hydroxylation sites is 1. The third kappa shape index (κ3) is 3.00. The quantitative estimate of drug-likeness (QED) is 0.856. The minimum Gasteiger partial charge on any atom is -0.465 e. The van der Waals surface area contributed by atoms with Crippen molar-refractivity contribution < 1.29 is 9.53 Å². The molecule has 118 valence electrons. The molecule has 5 nitrogen and oxygen atoms in total. The molecule has 2 heterocycles. The lowest BCUT2D eigenvalue weighted by atomic mass is 10.2. The molecule has 1 fully saturated rings. The molecule has 0 radical (unpaired) electrons. The summed E-state index contributed by atoms with van der Waals surface area (Å²) in [7, 11) is 1.42. The molecule has 1 atom stereocenters. The van der Waals surface area contributed by atoms with Gasteiger partial charge in [-0.3, -0.25) is 0 Å². The van der Waals surface area contributed by atoms with E-state index in [2.05, 4.69) is 9.47 Å². The van der Waals surface area contributed by atoms with Gasteiger partial charge < -0.3 is 19.9 Å². The molecule has 0 bridgehead atoms. The summed E-state index contributed by atoms with van der Waals surface area (Å²) in [5, 5.41) is 0.956. The van der Waals surface area contributed by atoms with E-state index in [1.165, 1.54) is 7.11 Å². The first-order valence-electron chi connectivity index (χ1n) is 7.83. The van der Waals surface area contributed by atoms with Gasteiger partial charge in [-0.25, -0.2) is 4.79 Å². The van der Waals surface area contributed by atoms with Crippen LogP contribution in [0.3, 0.4) is 0 Å². The van der Waals surface area contributed by atoms with E-state index in [9.17, 15) is 4.79 Å². The maximum absolute atomic E-state index is 11.9. The number of fused-ring (bicyclic) bond motifs is 1. The van der Waals surface area contributed by atoms with Crippen LogP contribution in [0.15, 0.2) is 30.5 Å². The van der Waals surface area contributed by atoms with Crippen molar-refractivity contribution in [3.8, 4) is 0 Å². The van der Waals surface area contributed by atoms with E-state index in [4.69, 9.17) is 10.5 Å². The maximum atomic E-state index is 11.9. The monoisotopic (exact) mass is 301 g/mol. The third-order valence-corrected chi connectivity index (χ3v) is 4.38. The Hall–Kier alpha value is -1.85. The van der Waals surface area contributed by atoms with Crippen molar-refractivity contribution in [3.05, 3.63) is 36.0 Å². The van der Waals surface area contributed by atoms with Crippen LogP contribution < -0.4 is 5.73 Å². The molecule has 0 saturated carbocycles. The molecule has 1 aliphatic rings. The molecule has 2 N–H and O–H groups in total. The largest absolute Gasteiger partial charge is 0.465 e. The molecule has 22 heavy (non-hydrogen) atoms. The van der Waals surface area contributed by atoms with Crippen LogP contribution in [0.2, 0.25) is 0 Å². The van der Waals surface area contributed by atoms with Crippen molar-refractivity contribution in [2.24, 2.45) is 5.73 Å². The van der Waals surface area contributed by atoms with Crippen LogP contribution in [-0.4, -0.2) is 48.2 Å². The highest BCUT2D eigenvalue weighted by molar-refractivity contribution is 6.04. The highest BCUT2D eigenvalue weighted by atomic mass is 16.5. The first-order valence-corrected chi connectivity index (χ1v) is 7.83. The lowest BCUT2D eigenvalue weighted by Gasteiger charge is -2.15. The number of benzene rings is 1. The van der Waals surface area contributed by atoms with Gasteiger partial charge in [-0.05, 0) is 32.0 Å². The lowest BCUT2D eigenvalue weighted by molar-refractivity contribution is 0.0602. The van der Waals surface area contributed by atoms with Crippen LogP contribution in [-0.2, 0) is 11.3 Å². The number of carbonyl (C=O) groups excluding carboxylic acids is 1. The van der Waals surface area contributed by atoms with E-state index in [0.29, 0.717) is 11.6 Å². The minimum absolute atomic E-state index is 0.277. The highest BCUT2D eigenvalue weighted by Gasteiger charge is 2.19. The van der Waals surface area contributed by atoms with Gasteiger partial charge in [0.25, 0.3) is 0 Å². The Bertz CT molecular complexity index is 665. The second-order valence-electron chi connectivity index (χ2n) is 5.95. The predicted octanol–water partition coefficient (Wildman–Crippen LogP) is 1.85. The van der Waals surface area contributed by atoms with Gasteiger partial charge in [0.1, 0.15) is 0 Å². The zero-order valence-corrected chi connectivity index (χ0v) is 13.0. The van der Waals surface area contributed by atoms with Gasteiger partial charge in [0.15, 0.2) is 0 Å². The molecule has 1 aromatic heterocycles. The molecular formula is C17H23N3O2. The number of hydrogen-bond acceptors (Lipinski definition) is 4. The average molecular weight is 301 g/mol. The molecule has 0 aliphatic carbocycles. The molecule has 5 heteroatoms. The van der Waals surface area contributed by atoms with Crippen LogP contribution in [0.25, 0.3) is 10.9 Å². The SMILES string of the molecule is COC(=O)c1cn(CCCN2CCC(N)C2)c2ccccc12. The van der Waals surface area contributed by atoms with Crippen LogP contribution in [0, 0.1) is 0 Å². The van der Waals surface area contributed by atoms with Crippen molar-refractivity contribution in [2.75, 3.05) is 26.7 Å². The fourth-order valence-electron chi connectivity index (χ4n) is 3.23. The Labute approximate surface area is 130 Å². The van der Waals surface area contributed by atoms with E-state index in [0.717, 1.165) is 49.9 Å². The first kappa shape index (κ1) is 15.1. The highest BCUT2D eigenvalue weighted by Crippen LogP contribution is 2.22. The molecule has 1 saturated heterocycles. The standard InChI is InChI=1S/C17H23N3O2/c1-22-17(21)15-12-20(16-6-3-2-5-14(15)16)9-4-8-19-10-7-13(18)11-19/h2-3,5-6,12-13H,4,7-11,18H2,1H3. The predicted molar refractivity (Wildman–Crippen MR) is 86.9 cm³/mol. The Morgan fingerprint density at radius 1 is 1.36 bits per heavy atom. The maximum Gasteiger partial charge on any atom is 0.340 e. The second kappa shape index (κ2) is 6.50. The molecule has 1 unspecified atom stereocenters. The number of nitrogens with zero attached hydrogens (tertiary/aromatic N) is 2. The van der Waals surface area contributed by atoms with Crippen molar-refractivity contribution in [1.82, 2.24) is 9.47 Å². The number of hydrogen-bond donors (Lipinski definition) is 1. The molecule has 0 amide bonds. The van der Waals surface area contributed by atoms with Crippen molar-refractivity contribution in [1.29, 1.82) is 0 Å². The topological polar surface area (TPSA) is 60.5 Å². The molecule has 1 aliphatic heterocycles. The summed E-state index contributed by atoms with van der Waals surface area (Å²) in [5.41, 5.74) is 7.66. The van der Waals surface area contributed by atoms with Crippen molar-refractivity contribution in [2.45, 2.75) is 25.4 Å². The lowest BCUT2D eigenvalue weighted by Crippen LogP contribution is -2.27. The molecule has 2 aromatic rings. The van der Waals surface area contributed by atoms with Crippen LogP contribution in [0.1, 0.15) is 23.2 Å². The zero-order valence-electron chi connectivity index (χ0n) is 13.0. The Balaban J connectivity index is 1.72. The number of ether oxygens (including phenoxy) is 1. The van der Waals surface area contributed by atoms with E-state index in [-0.39, 0.29) is 5.97 Å². The van der Waals surface area contributed by atoms with Crippen LogP contribution in [0.5, 0.6) is 0 Å². The van der Waals surface area contributed by atoms with Crippen LogP contribution >= 0.6 is 0 Å². The van der Waals surface area contributed by atoms with Crippen molar-refractivity contribution >= 4 is 16.9 Å². The van der Waals surface area contributed by atoms with E-state index in [1.54, 1.807) is 0 Å². The number of nitrogens with two attached hydrogens (primary N) is 1. The normalized spacial score (nSPS) is 18.9. The average Bonchev–Trinajstić information content (AvgIpc) is 3.11. The van der Waals surface area contributed by atoms with Gasteiger partial charge in [-0.1, -0.05) is 18.2 Å². The summed E-state index contributed by atoms with van der Waals surface area (Å²) in [5.74, 6) is -0.277. The first-order chi connectivity index (χ1) is 10.7. The summed E-state index contributed by atoms with van der Waals surface area (Å²) in [4.78, 5) is 14.3. The fraction of sp³-hybridized carbons (Fsp3) is 0.471. The number of aromatic nitrogens is 1. The molecule has 1 aromatic carbocycles. The van der Waals surface area contributed by atoms with Gasteiger partial charge in [0, 0.05) is 36.2 Å². The number of methoxy groups -OCH3 is 1. The summed E-state index contributed by atoms with van der Waals surface area (Å²) < 4.78 is 7.03. The summed E-state index contributed by atoms with van der Waals surface area (Å²) in [6, 6.07) is 8.30. The smallest absolute Gasteiger partial charge is 0.340 e. The molecule has 0 spiro atoms. The van der Waals surface area contributed by atoms with E-state index in [1.807, 2.05) is 30.5 Å². The van der Waals surface area contributed by atoms with Gasteiger partial charge in [0.05, 0.1) is 12.7 Å². The zero-order chi connectivity index (χ0) is 15.5. The fourth-order valence-corrected chi connectivity index (χ4v) is 3.23. The van der Waals surface area contributed by atoms with Gasteiger partial charge in [-0.2, -0.15) is 0 Å². The van der Waals surface area contributed by atoms with Crippen LogP contribution in [0.4, 0.5) is 0 Å². The second-order valence-corrected chi connectivity index (χ2v) is 5.95. The van der Waals surface area contributed by atoms with E-state index < -0.39 is 0 Å².